The Labute approximate surface area is 117 Å². The minimum absolute atomic E-state index is 0.102. The van der Waals surface area contributed by atoms with E-state index in [1.807, 2.05) is 0 Å². The number of hydrogen-bond donors (Lipinski definition) is 1. The lowest BCUT2D eigenvalue weighted by atomic mass is 9.99. The summed E-state index contributed by atoms with van der Waals surface area (Å²) in [6.45, 7) is 0. The highest BCUT2D eigenvalue weighted by molar-refractivity contribution is 9.10. The lowest BCUT2D eigenvalue weighted by Gasteiger charge is -2.14. The molecule has 1 atom stereocenters. The molecular formula is C14H11BrF3N. The second-order valence-corrected chi connectivity index (χ2v) is 5.13. The molecule has 0 heterocycles. The summed E-state index contributed by atoms with van der Waals surface area (Å²) in [4.78, 5) is 0. The summed E-state index contributed by atoms with van der Waals surface area (Å²) in [5.74, 6) is -1.78. The monoisotopic (exact) mass is 329 g/mol. The minimum Gasteiger partial charge on any atom is -0.324 e. The molecule has 2 rings (SSSR count). The first-order valence-corrected chi connectivity index (χ1v) is 6.41. The molecule has 0 aromatic heterocycles. The molecule has 5 heteroatoms. The van der Waals surface area contributed by atoms with Crippen LogP contribution in [-0.2, 0) is 6.42 Å². The minimum atomic E-state index is -0.687. The molecule has 2 N–H and O–H groups in total. The third-order valence-corrected chi connectivity index (χ3v) is 3.31. The molecule has 2 aromatic rings. The van der Waals surface area contributed by atoms with Crippen LogP contribution in [0.25, 0.3) is 0 Å². The van der Waals surface area contributed by atoms with Crippen LogP contribution in [-0.4, -0.2) is 0 Å². The molecule has 0 bridgehead atoms. The molecule has 0 saturated heterocycles. The first kappa shape index (κ1) is 14.1. The van der Waals surface area contributed by atoms with E-state index in [9.17, 15) is 13.2 Å². The molecule has 19 heavy (non-hydrogen) atoms. The van der Waals surface area contributed by atoms with Gasteiger partial charge < -0.3 is 5.73 Å². The average molecular weight is 330 g/mol. The van der Waals surface area contributed by atoms with Crippen LogP contribution in [0.4, 0.5) is 13.2 Å². The number of benzene rings is 2. The Balaban J connectivity index is 2.23. The first-order chi connectivity index (χ1) is 8.97. The first-order valence-electron chi connectivity index (χ1n) is 5.62. The van der Waals surface area contributed by atoms with E-state index >= 15 is 0 Å². The summed E-state index contributed by atoms with van der Waals surface area (Å²) in [6, 6.07) is 7.10. The summed E-state index contributed by atoms with van der Waals surface area (Å²) < 4.78 is 40.6. The van der Waals surface area contributed by atoms with Gasteiger partial charge in [0.25, 0.3) is 0 Å². The fourth-order valence-electron chi connectivity index (χ4n) is 1.84. The third-order valence-electron chi connectivity index (χ3n) is 2.82. The van der Waals surface area contributed by atoms with Crippen molar-refractivity contribution in [3.63, 3.8) is 0 Å². The van der Waals surface area contributed by atoms with E-state index in [0.717, 1.165) is 12.1 Å². The number of nitrogens with two attached hydrogens (primary N) is 1. The maximum atomic E-state index is 13.7. The Morgan fingerprint density at radius 1 is 1.00 bits per heavy atom. The summed E-state index contributed by atoms with van der Waals surface area (Å²) in [6.07, 6.45) is 0.102. The maximum Gasteiger partial charge on any atom is 0.129 e. The van der Waals surface area contributed by atoms with Crippen LogP contribution in [0.5, 0.6) is 0 Å². The van der Waals surface area contributed by atoms with Crippen molar-refractivity contribution in [2.24, 2.45) is 5.73 Å². The van der Waals surface area contributed by atoms with Gasteiger partial charge in [-0.2, -0.15) is 0 Å². The zero-order valence-electron chi connectivity index (χ0n) is 9.84. The molecule has 100 valence electrons. The Kier molecular flexibility index (Phi) is 4.27. The largest absolute Gasteiger partial charge is 0.324 e. The van der Waals surface area contributed by atoms with Gasteiger partial charge in [-0.15, -0.1) is 0 Å². The Hall–Kier alpha value is -1.33. The normalized spacial score (nSPS) is 12.5. The molecule has 1 unspecified atom stereocenters. The molecule has 0 saturated carbocycles. The molecule has 0 radical (unpaired) electrons. The second kappa shape index (κ2) is 5.75. The van der Waals surface area contributed by atoms with Crippen molar-refractivity contribution in [2.75, 3.05) is 0 Å². The van der Waals surface area contributed by atoms with E-state index in [1.54, 1.807) is 12.1 Å². The number of halogens is 4. The highest BCUT2D eigenvalue weighted by atomic mass is 79.9. The van der Waals surface area contributed by atoms with Crippen molar-refractivity contribution >= 4 is 15.9 Å². The van der Waals surface area contributed by atoms with E-state index in [4.69, 9.17) is 5.73 Å². The lowest BCUT2D eigenvalue weighted by Crippen LogP contribution is -2.15. The standard InChI is InChI=1S/C14H11BrF3N/c15-9-2-4-11(13(18)6-9)14(19)5-8-1-3-10(16)7-12(8)17/h1-4,6-7,14H,5,19H2. The molecule has 2 aromatic carbocycles. The molecule has 0 fully saturated rings. The van der Waals surface area contributed by atoms with Crippen molar-refractivity contribution in [3.05, 3.63) is 69.4 Å². The Morgan fingerprint density at radius 3 is 2.37 bits per heavy atom. The van der Waals surface area contributed by atoms with Gasteiger partial charge in [-0.25, -0.2) is 13.2 Å². The molecule has 0 aliphatic heterocycles. The fraction of sp³-hybridized carbons (Fsp3) is 0.143. The predicted molar refractivity (Wildman–Crippen MR) is 71.1 cm³/mol. The molecule has 0 spiro atoms. The van der Waals surface area contributed by atoms with Crippen LogP contribution in [0.3, 0.4) is 0 Å². The van der Waals surface area contributed by atoms with Crippen molar-refractivity contribution in [1.82, 2.24) is 0 Å². The van der Waals surface area contributed by atoms with E-state index in [-0.39, 0.29) is 12.0 Å². The van der Waals surface area contributed by atoms with Gasteiger partial charge in [0.15, 0.2) is 0 Å². The van der Waals surface area contributed by atoms with E-state index in [1.165, 1.54) is 12.1 Å². The summed E-state index contributed by atoms with van der Waals surface area (Å²) in [5, 5.41) is 0. The average Bonchev–Trinajstić information content (AvgIpc) is 2.32. The summed E-state index contributed by atoms with van der Waals surface area (Å²) in [5.41, 5.74) is 6.43. The molecular weight excluding hydrogens is 319 g/mol. The van der Waals surface area contributed by atoms with Gasteiger partial charge in [-0.1, -0.05) is 28.1 Å². The number of rotatable bonds is 3. The highest BCUT2D eigenvalue weighted by Gasteiger charge is 2.14. The van der Waals surface area contributed by atoms with Gasteiger partial charge in [0.05, 0.1) is 0 Å². The van der Waals surface area contributed by atoms with E-state index in [2.05, 4.69) is 15.9 Å². The van der Waals surface area contributed by atoms with E-state index < -0.39 is 23.5 Å². The van der Waals surface area contributed by atoms with Crippen LogP contribution in [0.1, 0.15) is 17.2 Å². The Morgan fingerprint density at radius 2 is 1.74 bits per heavy atom. The molecule has 0 aliphatic rings. The maximum absolute atomic E-state index is 13.7. The molecule has 0 amide bonds. The zero-order valence-corrected chi connectivity index (χ0v) is 11.4. The highest BCUT2D eigenvalue weighted by Crippen LogP contribution is 2.23. The van der Waals surface area contributed by atoms with Crippen LogP contribution in [0, 0.1) is 17.5 Å². The van der Waals surface area contributed by atoms with E-state index in [0.29, 0.717) is 10.0 Å². The molecule has 1 nitrogen and oxygen atoms in total. The van der Waals surface area contributed by atoms with Crippen molar-refractivity contribution in [1.29, 1.82) is 0 Å². The smallest absolute Gasteiger partial charge is 0.129 e. The van der Waals surface area contributed by atoms with Gasteiger partial charge in [-0.05, 0) is 30.2 Å². The van der Waals surface area contributed by atoms with Crippen LogP contribution in [0.2, 0.25) is 0 Å². The van der Waals surface area contributed by atoms with Crippen LogP contribution < -0.4 is 5.73 Å². The molecule has 0 aliphatic carbocycles. The fourth-order valence-corrected chi connectivity index (χ4v) is 2.17. The van der Waals surface area contributed by atoms with Gasteiger partial charge in [0, 0.05) is 22.1 Å². The Bertz CT molecular complexity index is 601. The van der Waals surface area contributed by atoms with Gasteiger partial charge in [-0.3, -0.25) is 0 Å². The van der Waals surface area contributed by atoms with Gasteiger partial charge in [0.2, 0.25) is 0 Å². The number of hydrogen-bond acceptors (Lipinski definition) is 1. The predicted octanol–water partition coefficient (Wildman–Crippen LogP) is 4.11. The van der Waals surface area contributed by atoms with Gasteiger partial charge in [0.1, 0.15) is 17.5 Å². The van der Waals surface area contributed by atoms with Gasteiger partial charge >= 0.3 is 0 Å². The third kappa shape index (κ3) is 3.36. The summed E-state index contributed by atoms with van der Waals surface area (Å²) >= 11 is 3.15. The quantitative estimate of drug-likeness (QED) is 0.901. The topological polar surface area (TPSA) is 26.0 Å². The zero-order chi connectivity index (χ0) is 14.0. The second-order valence-electron chi connectivity index (χ2n) is 4.21. The lowest BCUT2D eigenvalue weighted by molar-refractivity contribution is 0.550. The van der Waals surface area contributed by atoms with Crippen molar-refractivity contribution < 1.29 is 13.2 Å². The van der Waals surface area contributed by atoms with Crippen LogP contribution in [0.15, 0.2) is 40.9 Å². The van der Waals surface area contributed by atoms with Crippen LogP contribution >= 0.6 is 15.9 Å². The summed E-state index contributed by atoms with van der Waals surface area (Å²) in [7, 11) is 0. The van der Waals surface area contributed by atoms with Crippen molar-refractivity contribution in [2.45, 2.75) is 12.5 Å². The SMILES string of the molecule is NC(Cc1ccc(F)cc1F)c1ccc(Br)cc1F. The van der Waals surface area contributed by atoms with Crippen molar-refractivity contribution in [3.8, 4) is 0 Å².